The van der Waals surface area contributed by atoms with Crippen LogP contribution in [0.3, 0.4) is 0 Å². The molecule has 6 heteroatoms. The van der Waals surface area contributed by atoms with Crippen molar-refractivity contribution in [1.82, 2.24) is 15.1 Å². The predicted molar refractivity (Wildman–Crippen MR) is 113 cm³/mol. The van der Waals surface area contributed by atoms with Gasteiger partial charge >= 0.3 is 6.03 Å². The van der Waals surface area contributed by atoms with Crippen LogP contribution in [-0.2, 0) is 6.42 Å². The highest BCUT2D eigenvalue weighted by molar-refractivity contribution is 7.99. The second kappa shape index (κ2) is 10.8. The van der Waals surface area contributed by atoms with Crippen LogP contribution in [0.1, 0.15) is 31.2 Å². The van der Waals surface area contributed by atoms with Gasteiger partial charge in [0, 0.05) is 25.4 Å². The second-order valence-electron chi connectivity index (χ2n) is 7.47. The first-order valence-corrected chi connectivity index (χ1v) is 11.4. The fourth-order valence-corrected chi connectivity index (χ4v) is 4.95. The van der Waals surface area contributed by atoms with Gasteiger partial charge in [-0.05, 0) is 62.2 Å². The Kier molecular flexibility index (Phi) is 8.14. The maximum Gasteiger partial charge on any atom is 0.317 e. The van der Waals surface area contributed by atoms with Gasteiger partial charge in [-0.1, -0.05) is 18.6 Å². The molecule has 0 spiro atoms. The van der Waals surface area contributed by atoms with Crippen molar-refractivity contribution in [2.45, 2.75) is 38.1 Å². The summed E-state index contributed by atoms with van der Waals surface area (Å²) in [4.78, 5) is 17.5. The number of nitrogens with zero attached hydrogens (tertiary/aromatic N) is 2. The molecule has 0 radical (unpaired) electrons. The molecule has 1 unspecified atom stereocenters. The van der Waals surface area contributed by atoms with Crippen molar-refractivity contribution in [3.05, 3.63) is 29.8 Å². The molecule has 0 bridgehead atoms. The lowest BCUT2D eigenvalue weighted by molar-refractivity contribution is 0.143. The molecule has 27 heavy (non-hydrogen) atoms. The number of ether oxygens (including phenoxy) is 1. The molecule has 2 aliphatic rings. The normalized spacial score (nSPS) is 21.5. The molecule has 5 nitrogen and oxygen atoms in total. The number of rotatable bonds is 6. The van der Waals surface area contributed by atoms with Crippen LogP contribution < -0.4 is 10.1 Å². The molecule has 2 saturated heterocycles. The molecule has 150 valence electrons. The second-order valence-corrected chi connectivity index (χ2v) is 8.62. The third-order valence-electron chi connectivity index (χ3n) is 5.47. The third-order valence-corrected chi connectivity index (χ3v) is 6.66. The van der Waals surface area contributed by atoms with Crippen LogP contribution in [0.25, 0.3) is 0 Å². The number of piperidine rings is 1. The van der Waals surface area contributed by atoms with Crippen molar-refractivity contribution in [2.24, 2.45) is 0 Å². The molecule has 0 aliphatic carbocycles. The van der Waals surface area contributed by atoms with Crippen LogP contribution in [0.15, 0.2) is 24.3 Å². The number of hydrogen-bond donors (Lipinski definition) is 1. The highest BCUT2D eigenvalue weighted by Crippen LogP contribution is 2.19. The van der Waals surface area contributed by atoms with Gasteiger partial charge in [-0.3, -0.25) is 0 Å². The molecule has 0 saturated carbocycles. The van der Waals surface area contributed by atoms with Gasteiger partial charge in [0.1, 0.15) is 5.75 Å². The zero-order valence-corrected chi connectivity index (χ0v) is 17.3. The van der Waals surface area contributed by atoms with Gasteiger partial charge in [0.05, 0.1) is 13.2 Å². The Balaban J connectivity index is 1.49. The average Bonchev–Trinajstić information content (AvgIpc) is 2.95. The minimum atomic E-state index is 0.105. The maximum absolute atomic E-state index is 12.9. The van der Waals surface area contributed by atoms with Crippen LogP contribution >= 0.6 is 11.8 Å². The van der Waals surface area contributed by atoms with E-state index in [0.29, 0.717) is 12.6 Å². The number of methoxy groups -OCH3 is 1. The summed E-state index contributed by atoms with van der Waals surface area (Å²) in [6.07, 6.45) is 5.88. The molecule has 1 aromatic carbocycles. The van der Waals surface area contributed by atoms with E-state index >= 15 is 0 Å². The standard InChI is InChI=1S/C21H33N3O2S/c1-26-20-8-6-18(7-9-20)10-11-22-21(25)24-14-5-15-27-17-19(24)16-23-12-3-2-4-13-23/h6-9,19H,2-5,10-17H2,1H3,(H,22,25). The number of hydrogen-bond acceptors (Lipinski definition) is 4. The number of carbonyl (C=O) groups is 1. The van der Waals surface area contributed by atoms with E-state index in [1.54, 1.807) is 7.11 Å². The van der Waals surface area contributed by atoms with Crippen LogP contribution in [0, 0.1) is 0 Å². The zero-order chi connectivity index (χ0) is 18.9. The van der Waals surface area contributed by atoms with Crippen molar-refractivity contribution in [3.8, 4) is 5.75 Å². The summed E-state index contributed by atoms with van der Waals surface area (Å²) < 4.78 is 5.19. The van der Waals surface area contributed by atoms with Gasteiger partial charge in [0.2, 0.25) is 0 Å². The lowest BCUT2D eigenvalue weighted by Crippen LogP contribution is -2.52. The lowest BCUT2D eigenvalue weighted by atomic mass is 10.1. The molecule has 1 atom stereocenters. The number of likely N-dealkylation sites (tertiary alicyclic amines) is 1. The van der Waals surface area contributed by atoms with E-state index in [1.165, 1.54) is 37.9 Å². The topological polar surface area (TPSA) is 44.8 Å². The fraction of sp³-hybridized carbons (Fsp3) is 0.667. The molecule has 3 rings (SSSR count). The average molecular weight is 392 g/mol. The molecule has 2 heterocycles. The summed E-state index contributed by atoms with van der Waals surface area (Å²) in [6, 6.07) is 8.50. The number of thioether (sulfide) groups is 1. The number of amides is 2. The summed E-state index contributed by atoms with van der Waals surface area (Å²) in [6.45, 7) is 4.95. The van der Waals surface area contributed by atoms with E-state index in [4.69, 9.17) is 4.74 Å². The van der Waals surface area contributed by atoms with Gasteiger partial charge in [-0.25, -0.2) is 4.79 Å². The van der Waals surface area contributed by atoms with Crippen LogP contribution in [-0.4, -0.2) is 73.2 Å². The van der Waals surface area contributed by atoms with Gasteiger partial charge < -0.3 is 19.9 Å². The van der Waals surface area contributed by atoms with Crippen molar-refractivity contribution < 1.29 is 9.53 Å². The Labute approximate surface area is 167 Å². The molecular weight excluding hydrogens is 358 g/mol. The predicted octanol–water partition coefficient (Wildman–Crippen LogP) is 3.24. The quantitative estimate of drug-likeness (QED) is 0.809. The van der Waals surface area contributed by atoms with E-state index in [9.17, 15) is 4.79 Å². The van der Waals surface area contributed by atoms with E-state index < -0.39 is 0 Å². The van der Waals surface area contributed by atoms with Gasteiger partial charge in [-0.2, -0.15) is 11.8 Å². The Morgan fingerprint density at radius 2 is 1.93 bits per heavy atom. The molecule has 2 aliphatic heterocycles. The fourth-order valence-electron chi connectivity index (χ4n) is 3.90. The zero-order valence-electron chi connectivity index (χ0n) is 16.5. The first kappa shape index (κ1) is 20.3. The minimum Gasteiger partial charge on any atom is -0.497 e. The van der Waals surface area contributed by atoms with Gasteiger partial charge in [0.25, 0.3) is 0 Å². The first-order valence-electron chi connectivity index (χ1n) is 10.2. The summed E-state index contributed by atoms with van der Waals surface area (Å²) in [5, 5.41) is 3.15. The van der Waals surface area contributed by atoms with E-state index in [2.05, 4.69) is 27.2 Å². The van der Waals surface area contributed by atoms with E-state index in [1.807, 2.05) is 23.9 Å². The lowest BCUT2D eigenvalue weighted by Gasteiger charge is -2.35. The van der Waals surface area contributed by atoms with Crippen molar-refractivity contribution in [3.63, 3.8) is 0 Å². The van der Waals surface area contributed by atoms with Crippen molar-refractivity contribution in [1.29, 1.82) is 0 Å². The summed E-state index contributed by atoms with van der Waals surface area (Å²) >= 11 is 2.00. The summed E-state index contributed by atoms with van der Waals surface area (Å²) in [7, 11) is 1.68. The highest BCUT2D eigenvalue weighted by Gasteiger charge is 2.27. The molecule has 1 N–H and O–H groups in total. The molecule has 2 amide bonds. The van der Waals surface area contributed by atoms with Gasteiger partial charge in [0.15, 0.2) is 0 Å². The molecule has 1 aromatic rings. The SMILES string of the molecule is COc1ccc(CCNC(=O)N2CCCSCC2CN2CCCCC2)cc1. The number of carbonyl (C=O) groups excluding carboxylic acids is 1. The molecule has 2 fully saturated rings. The Bertz CT molecular complexity index is 575. The number of urea groups is 1. The third kappa shape index (κ3) is 6.32. The van der Waals surface area contributed by atoms with Crippen LogP contribution in [0.4, 0.5) is 4.79 Å². The first-order chi connectivity index (χ1) is 13.3. The Morgan fingerprint density at radius 3 is 2.67 bits per heavy atom. The van der Waals surface area contributed by atoms with Gasteiger partial charge in [-0.15, -0.1) is 0 Å². The largest absolute Gasteiger partial charge is 0.497 e. The summed E-state index contributed by atoms with van der Waals surface area (Å²) in [5.41, 5.74) is 1.22. The van der Waals surface area contributed by atoms with E-state index in [0.717, 1.165) is 43.2 Å². The van der Waals surface area contributed by atoms with Crippen molar-refractivity contribution in [2.75, 3.05) is 51.3 Å². The Morgan fingerprint density at radius 1 is 1.15 bits per heavy atom. The molecular formula is C21H33N3O2S. The smallest absolute Gasteiger partial charge is 0.317 e. The van der Waals surface area contributed by atoms with Crippen molar-refractivity contribution >= 4 is 17.8 Å². The monoisotopic (exact) mass is 391 g/mol. The number of benzene rings is 1. The summed E-state index contributed by atoms with van der Waals surface area (Å²) in [5.74, 6) is 3.08. The molecule has 0 aromatic heterocycles. The number of nitrogens with one attached hydrogen (secondary N) is 1. The van der Waals surface area contributed by atoms with Crippen LogP contribution in [0.5, 0.6) is 5.75 Å². The highest BCUT2D eigenvalue weighted by atomic mass is 32.2. The maximum atomic E-state index is 12.9. The van der Waals surface area contributed by atoms with Crippen LogP contribution in [0.2, 0.25) is 0 Å². The Hall–Kier alpha value is -1.40. The minimum absolute atomic E-state index is 0.105. The van der Waals surface area contributed by atoms with E-state index in [-0.39, 0.29) is 6.03 Å².